The van der Waals surface area contributed by atoms with E-state index in [2.05, 4.69) is 14.8 Å². The van der Waals surface area contributed by atoms with E-state index in [0.29, 0.717) is 18.8 Å². The van der Waals surface area contributed by atoms with Crippen LogP contribution < -0.4 is 14.8 Å². The van der Waals surface area contributed by atoms with E-state index in [1.54, 1.807) is 18.2 Å². The summed E-state index contributed by atoms with van der Waals surface area (Å²) >= 11 is 0. The smallest absolute Gasteiger partial charge is 0.395 e. The highest BCUT2D eigenvalue weighted by molar-refractivity contribution is 7.89. The molecular weight excluding hydrogens is 468 g/mol. The molecule has 34 heavy (non-hydrogen) atoms. The molecule has 5 rings (SSSR count). The van der Waals surface area contributed by atoms with E-state index >= 15 is 0 Å². The number of rotatable bonds is 5. The van der Waals surface area contributed by atoms with Crippen molar-refractivity contribution in [2.45, 2.75) is 11.2 Å². The van der Waals surface area contributed by atoms with Crippen LogP contribution in [0.1, 0.15) is 0 Å². The summed E-state index contributed by atoms with van der Waals surface area (Å²) < 4.78 is 62.6. The third-order valence-electron chi connectivity index (χ3n) is 5.74. The highest BCUT2D eigenvalue weighted by Gasteiger charge is 2.43. The zero-order chi connectivity index (χ0) is 23.9. The number of hydrogen-bond donors (Lipinski definition) is 1. The van der Waals surface area contributed by atoms with Crippen molar-refractivity contribution in [2.75, 3.05) is 38.0 Å². The summed E-state index contributed by atoms with van der Waals surface area (Å²) in [7, 11) is -3.65. The number of nitrogens with one attached hydrogen (secondary N) is 1. The summed E-state index contributed by atoms with van der Waals surface area (Å²) in [5.74, 6) is -0.612. The normalized spacial score (nSPS) is 18.2. The minimum absolute atomic E-state index is 0.0362. The van der Waals surface area contributed by atoms with Crippen molar-refractivity contribution in [1.82, 2.24) is 9.21 Å². The first-order chi connectivity index (χ1) is 16.2. The second-order valence-corrected chi connectivity index (χ2v) is 10.0. The molecule has 0 spiro atoms. The highest BCUT2D eigenvalue weighted by atomic mass is 32.2. The van der Waals surface area contributed by atoms with Gasteiger partial charge in [-0.3, -0.25) is 9.69 Å². The molecular formula is C23H21F2N3O5S. The fourth-order valence-electron chi connectivity index (χ4n) is 4.04. The number of hydrogen-bond acceptors (Lipinski definition) is 6. The molecule has 1 saturated heterocycles. The lowest BCUT2D eigenvalue weighted by molar-refractivity contribution is -0.286. The lowest BCUT2D eigenvalue weighted by Crippen LogP contribution is -2.50. The Kier molecular flexibility index (Phi) is 5.62. The third-order valence-corrected chi connectivity index (χ3v) is 7.64. The Labute approximate surface area is 194 Å². The largest absolute Gasteiger partial charge is 0.586 e. The molecule has 0 bridgehead atoms. The van der Waals surface area contributed by atoms with Gasteiger partial charge in [-0.15, -0.1) is 8.78 Å². The average molecular weight is 490 g/mol. The third kappa shape index (κ3) is 4.54. The van der Waals surface area contributed by atoms with Crippen LogP contribution in [0, 0.1) is 0 Å². The maximum atomic E-state index is 13.1. The monoisotopic (exact) mass is 489 g/mol. The molecule has 1 amide bonds. The number of halogens is 2. The number of amides is 1. The van der Waals surface area contributed by atoms with E-state index in [9.17, 15) is 22.0 Å². The Morgan fingerprint density at radius 1 is 0.912 bits per heavy atom. The van der Waals surface area contributed by atoms with Crippen LogP contribution >= 0.6 is 0 Å². The number of piperazine rings is 1. The molecule has 3 aromatic rings. The van der Waals surface area contributed by atoms with Gasteiger partial charge in [0.1, 0.15) is 0 Å². The van der Waals surface area contributed by atoms with Gasteiger partial charge in [0, 0.05) is 37.9 Å². The highest BCUT2D eigenvalue weighted by Crippen LogP contribution is 2.42. The Hall–Kier alpha value is -3.28. The van der Waals surface area contributed by atoms with Gasteiger partial charge in [-0.1, -0.05) is 30.3 Å². The van der Waals surface area contributed by atoms with Gasteiger partial charge in [-0.2, -0.15) is 4.31 Å². The van der Waals surface area contributed by atoms with Gasteiger partial charge in [0.15, 0.2) is 11.5 Å². The molecule has 3 aromatic carbocycles. The molecule has 2 heterocycles. The van der Waals surface area contributed by atoms with Crippen molar-refractivity contribution in [3.8, 4) is 11.5 Å². The first kappa shape index (κ1) is 22.5. The van der Waals surface area contributed by atoms with Crippen molar-refractivity contribution in [1.29, 1.82) is 0 Å². The van der Waals surface area contributed by atoms with E-state index in [4.69, 9.17) is 0 Å². The van der Waals surface area contributed by atoms with Gasteiger partial charge < -0.3 is 14.8 Å². The van der Waals surface area contributed by atoms with Crippen molar-refractivity contribution in [3.63, 3.8) is 0 Å². The second-order valence-electron chi connectivity index (χ2n) is 8.07. The lowest BCUT2D eigenvalue weighted by Gasteiger charge is -2.33. The Morgan fingerprint density at radius 3 is 2.38 bits per heavy atom. The van der Waals surface area contributed by atoms with Crippen LogP contribution in [0.3, 0.4) is 0 Å². The number of alkyl halides is 2. The molecule has 0 aromatic heterocycles. The number of nitrogens with zero attached hydrogens (tertiary/aromatic N) is 2. The van der Waals surface area contributed by atoms with Gasteiger partial charge in [-0.25, -0.2) is 8.42 Å². The summed E-state index contributed by atoms with van der Waals surface area (Å²) in [5, 5.41) is 4.46. The van der Waals surface area contributed by atoms with Crippen molar-refractivity contribution in [2.24, 2.45) is 0 Å². The van der Waals surface area contributed by atoms with E-state index in [-0.39, 0.29) is 41.9 Å². The molecule has 1 fully saturated rings. The van der Waals surface area contributed by atoms with Crippen LogP contribution in [-0.2, 0) is 14.8 Å². The molecule has 0 atom stereocenters. The molecule has 8 nitrogen and oxygen atoms in total. The molecule has 0 radical (unpaired) electrons. The van der Waals surface area contributed by atoms with Crippen molar-refractivity contribution in [3.05, 3.63) is 60.7 Å². The summed E-state index contributed by atoms with van der Waals surface area (Å²) in [5.41, 5.74) is 0.294. The first-order valence-electron chi connectivity index (χ1n) is 10.6. The first-order valence-corrected chi connectivity index (χ1v) is 12.0. The van der Waals surface area contributed by atoms with E-state index in [1.165, 1.54) is 22.5 Å². The number of benzene rings is 3. The molecule has 178 valence electrons. The van der Waals surface area contributed by atoms with Crippen LogP contribution in [0.5, 0.6) is 11.5 Å². The number of ether oxygens (including phenoxy) is 2. The summed E-state index contributed by atoms with van der Waals surface area (Å²) in [4.78, 5) is 14.5. The number of carbonyl (C=O) groups excluding carboxylic acids is 1. The predicted molar refractivity (Wildman–Crippen MR) is 120 cm³/mol. The fraction of sp³-hybridized carbons (Fsp3) is 0.261. The van der Waals surface area contributed by atoms with Crippen LogP contribution in [0.15, 0.2) is 65.6 Å². The SMILES string of the molecule is O=C(CN1CCN(S(=O)(=O)c2ccc3ccccc3c2)CC1)Nc1ccc2c(c1)OC(F)(F)O2. The zero-order valence-electron chi connectivity index (χ0n) is 17.9. The molecule has 0 saturated carbocycles. The summed E-state index contributed by atoms with van der Waals surface area (Å²) in [6, 6.07) is 16.6. The molecule has 11 heteroatoms. The predicted octanol–water partition coefficient (Wildman–Crippen LogP) is 3.11. The van der Waals surface area contributed by atoms with Gasteiger partial charge in [0.2, 0.25) is 15.9 Å². The van der Waals surface area contributed by atoms with Crippen LogP contribution in [-0.4, -0.2) is 62.5 Å². The van der Waals surface area contributed by atoms with Crippen molar-refractivity contribution >= 4 is 32.4 Å². The van der Waals surface area contributed by atoms with E-state index < -0.39 is 16.3 Å². The standard InChI is InChI=1S/C23H21F2N3O5S/c24-23(25)32-20-8-6-18(14-21(20)33-23)26-22(29)15-27-9-11-28(12-10-27)34(30,31)19-7-5-16-3-1-2-4-17(16)13-19/h1-8,13-14H,9-12,15H2,(H,26,29). The summed E-state index contributed by atoms with van der Waals surface area (Å²) in [6.45, 7) is 1.30. The zero-order valence-corrected chi connectivity index (χ0v) is 18.7. The molecule has 1 N–H and O–H groups in total. The van der Waals surface area contributed by atoms with Crippen LogP contribution in [0.25, 0.3) is 10.8 Å². The maximum absolute atomic E-state index is 13.1. The number of carbonyl (C=O) groups is 1. The number of fused-ring (bicyclic) bond motifs is 2. The number of sulfonamides is 1. The topological polar surface area (TPSA) is 88.2 Å². The molecule has 0 unspecified atom stereocenters. The minimum atomic E-state index is -3.72. The Bertz CT molecular complexity index is 1360. The average Bonchev–Trinajstić information content (AvgIpc) is 3.12. The fourth-order valence-corrected chi connectivity index (χ4v) is 5.49. The van der Waals surface area contributed by atoms with Gasteiger partial charge in [0.25, 0.3) is 0 Å². The van der Waals surface area contributed by atoms with Gasteiger partial charge in [-0.05, 0) is 35.0 Å². The molecule has 2 aliphatic heterocycles. The molecule has 2 aliphatic rings. The lowest BCUT2D eigenvalue weighted by atomic mass is 10.1. The molecule has 0 aliphatic carbocycles. The summed E-state index contributed by atoms with van der Waals surface area (Å²) in [6.07, 6.45) is -3.72. The maximum Gasteiger partial charge on any atom is 0.586 e. The van der Waals surface area contributed by atoms with Crippen LogP contribution in [0.4, 0.5) is 14.5 Å². The van der Waals surface area contributed by atoms with E-state index in [0.717, 1.165) is 10.8 Å². The van der Waals surface area contributed by atoms with Crippen molar-refractivity contribution < 1.29 is 31.5 Å². The van der Waals surface area contributed by atoms with Gasteiger partial charge in [0.05, 0.1) is 11.4 Å². The number of anilines is 1. The Morgan fingerprint density at radius 2 is 1.62 bits per heavy atom. The van der Waals surface area contributed by atoms with Gasteiger partial charge >= 0.3 is 6.29 Å². The van der Waals surface area contributed by atoms with Crippen LogP contribution in [0.2, 0.25) is 0 Å². The quantitative estimate of drug-likeness (QED) is 0.593. The Balaban J connectivity index is 1.17. The minimum Gasteiger partial charge on any atom is -0.395 e. The second kappa shape index (κ2) is 8.49. The van der Waals surface area contributed by atoms with E-state index in [1.807, 2.05) is 29.2 Å².